The molecular formula is C17H15N5O3S. The van der Waals surface area contributed by atoms with Crippen LogP contribution in [0.15, 0.2) is 68.3 Å². The van der Waals surface area contributed by atoms with E-state index >= 15 is 0 Å². The normalized spacial score (nSPS) is 17.2. The SMILES string of the molecule is O=C(CSc1ncn[nH]1)N1N=C(/C=C\c2ccco2)C[C@H]1c1ccco1. The first-order valence-corrected chi connectivity index (χ1v) is 8.91. The summed E-state index contributed by atoms with van der Waals surface area (Å²) in [4.78, 5) is 16.7. The molecule has 3 aromatic rings. The number of carbonyl (C=O) groups excluding carboxylic acids is 1. The molecule has 9 heteroatoms. The Hall–Kier alpha value is -3.07. The maximum Gasteiger partial charge on any atom is 0.253 e. The fourth-order valence-corrected chi connectivity index (χ4v) is 3.22. The number of aromatic amines is 1. The molecule has 1 aliphatic rings. The summed E-state index contributed by atoms with van der Waals surface area (Å²) >= 11 is 1.28. The van der Waals surface area contributed by atoms with Gasteiger partial charge in [0.05, 0.1) is 24.0 Å². The standard InChI is InChI=1S/C17H15N5O3S/c23-16(10-26-17-18-11-19-20-17)22-14(15-4-2-8-25-15)9-12(21-22)5-6-13-3-1-7-24-13/h1-8,11,14H,9-10H2,(H,18,19,20)/b6-5-/t14-/m0/s1. The average Bonchev–Trinajstić information content (AvgIpc) is 3.45. The van der Waals surface area contributed by atoms with Crippen LogP contribution in [0.4, 0.5) is 0 Å². The maximum atomic E-state index is 12.7. The van der Waals surface area contributed by atoms with E-state index in [0.717, 1.165) is 11.5 Å². The number of hydrazone groups is 1. The number of rotatable bonds is 6. The van der Waals surface area contributed by atoms with Crippen LogP contribution in [0.3, 0.4) is 0 Å². The van der Waals surface area contributed by atoms with Gasteiger partial charge in [0.2, 0.25) is 0 Å². The van der Waals surface area contributed by atoms with E-state index in [4.69, 9.17) is 8.83 Å². The van der Waals surface area contributed by atoms with E-state index in [9.17, 15) is 4.79 Å². The number of amides is 1. The van der Waals surface area contributed by atoms with E-state index in [1.807, 2.05) is 30.4 Å². The van der Waals surface area contributed by atoms with Gasteiger partial charge in [-0.15, -0.1) is 0 Å². The molecular weight excluding hydrogens is 354 g/mol. The van der Waals surface area contributed by atoms with Gasteiger partial charge < -0.3 is 8.83 Å². The summed E-state index contributed by atoms with van der Waals surface area (Å²) in [6.07, 6.45) is 8.87. The van der Waals surface area contributed by atoms with Crippen LogP contribution in [0.5, 0.6) is 0 Å². The van der Waals surface area contributed by atoms with Crippen LogP contribution < -0.4 is 0 Å². The second-order valence-corrected chi connectivity index (χ2v) is 6.46. The minimum absolute atomic E-state index is 0.130. The number of carbonyl (C=O) groups is 1. The molecule has 4 heterocycles. The topological polar surface area (TPSA) is 101 Å². The van der Waals surface area contributed by atoms with Gasteiger partial charge in [-0.3, -0.25) is 9.89 Å². The molecule has 1 aliphatic heterocycles. The molecule has 0 spiro atoms. The van der Waals surface area contributed by atoms with Crippen LogP contribution >= 0.6 is 11.8 Å². The Morgan fingerprint density at radius 2 is 2.19 bits per heavy atom. The molecule has 1 atom stereocenters. The number of hydrogen-bond donors (Lipinski definition) is 1. The van der Waals surface area contributed by atoms with Gasteiger partial charge in [0.1, 0.15) is 23.9 Å². The first kappa shape index (κ1) is 16.4. The lowest BCUT2D eigenvalue weighted by Crippen LogP contribution is -2.28. The van der Waals surface area contributed by atoms with Crippen LogP contribution in [0.2, 0.25) is 0 Å². The monoisotopic (exact) mass is 369 g/mol. The van der Waals surface area contributed by atoms with Gasteiger partial charge in [-0.1, -0.05) is 11.8 Å². The van der Waals surface area contributed by atoms with Crippen molar-refractivity contribution >= 4 is 29.5 Å². The summed E-state index contributed by atoms with van der Waals surface area (Å²) in [6.45, 7) is 0. The van der Waals surface area contributed by atoms with Gasteiger partial charge in [-0.2, -0.15) is 10.2 Å². The number of hydrogen-bond acceptors (Lipinski definition) is 7. The Labute approximate surface area is 153 Å². The van der Waals surface area contributed by atoms with Gasteiger partial charge in [0.25, 0.3) is 5.91 Å². The number of nitrogens with one attached hydrogen (secondary N) is 1. The van der Waals surface area contributed by atoms with Gasteiger partial charge >= 0.3 is 0 Å². The number of H-pyrrole nitrogens is 1. The maximum absolute atomic E-state index is 12.7. The first-order valence-electron chi connectivity index (χ1n) is 7.92. The van der Waals surface area contributed by atoms with Crippen LogP contribution in [-0.4, -0.2) is 37.6 Å². The highest BCUT2D eigenvalue weighted by Gasteiger charge is 2.33. The molecule has 0 bridgehead atoms. The Kier molecular flexibility index (Phi) is 4.69. The molecule has 0 fully saturated rings. The highest BCUT2D eigenvalue weighted by Crippen LogP contribution is 2.32. The minimum atomic E-state index is -0.260. The highest BCUT2D eigenvalue weighted by molar-refractivity contribution is 7.99. The molecule has 4 rings (SSSR count). The number of nitrogens with zero attached hydrogens (tertiary/aromatic N) is 4. The summed E-state index contributed by atoms with van der Waals surface area (Å²) in [5, 5.41) is 13.0. The zero-order valence-corrected chi connectivity index (χ0v) is 14.4. The van der Waals surface area contributed by atoms with E-state index in [1.165, 1.54) is 23.1 Å². The molecule has 0 radical (unpaired) electrons. The third-order valence-corrected chi connectivity index (χ3v) is 4.63. The van der Waals surface area contributed by atoms with Crippen molar-refractivity contribution in [3.8, 4) is 0 Å². The molecule has 0 saturated carbocycles. The molecule has 3 aromatic heterocycles. The van der Waals surface area contributed by atoms with E-state index in [1.54, 1.807) is 18.6 Å². The van der Waals surface area contributed by atoms with Crippen molar-refractivity contribution in [2.45, 2.75) is 17.6 Å². The molecule has 26 heavy (non-hydrogen) atoms. The molecule has 0 unspecified atom stereocenters. The van der Waals surface area contributed by atoms with Crippen LogP contribution in [-0.2, 0) is 4.79 Å². The van der Waals surface area contributed by atoms with Crippen LogP contribution in [0, 0.1) is 0 Å². The third kappa shape index (κ3) is 3.62. The van der Waals surface area contributed by atoms with Crippen molar-refractivity contribution < 1.29 is 13.6 Å². The summed E-state index contributed by atoms with van der Waals surface area (Å²) in [7, 11) is 0. The lowest BCUT2D eigenvalue weighted by molar-refractivity contribution is -0.130. The lowest BCUT2D eigenvalue weighted by atomic mass is 10.1. The molecule has 0 aromatic carbocycles. The number of aromatic nitrogens is 3. The van der Waals surface area contributed by atoms with E-state index in [-0.39, 0.29) is 17.7 Å². The molecule has 8 nitrogen and oxygen atoms in total. The predicted octanol–water partition coefficient (Wildman–Crippen LogP) is 3.13. The Balaban J connectivity index is 1.50. The van der Waals surface area contributed by atoms with Crippen molar-refractivity contribution in [1.82, 2.24) is 20.2 Å². The summed E-state index contributed by atoms with van der Waals surface area (Å²) in [5.41, 5.74) is 0.779. The second-order valence-electron chi connectivity index (χ2n) is 5.49. The predicted molar refractivity (Wildman–Crippen MR) is 95.2 cm³/mol. The zero-order valence-electron chi connectivity index (χ0n) is 13.6. The number of thioether (sulfide) groups is 1. The Morgan fingerprint density at radius 3 is 2.92 bits per heavy atom. The molecule has 0 aliphatic carbocycles. The van der Waals surface area contributed by atoms with Gasteiger partial charge in [-0.25, -0.2) is 9.99 Å². The summed E-state index contributed by atoms with van der Waals surface area (Å²) < 4.78 is 10.8. The van der Waals surface area contributed by atoms with Gasteiger partial charge in [0.15, 0.2) is 5.16 Å². The third-order valence-electron chi connectivity index (χ3n) is 3.77. The molecule has 1 amide bonds. The minimum Gasteiger partial charge on any atom is -0.467 e. The van der Waals surface area contributed by atoms with Crippen molar-refractivity contribution in [3.63, 3.8) is 0 Å². The van der Waals surface area contributed by atoms with Gasteiger partial charge in [0, 0.05) is 6.42 Å². The fourth-order valence-electron chi connectivity index (χ4n) is 2.59. The molecule has 0 saturated heterocycles. The van der Waals surface area contributed by atoms with Crippen molar-refractivity contribution in [1.29, 1.82) is 0 Å². The number of furan rings is 2. The van der Waals surface area contributed by atoms with E-state index in [2.05, 4.69) is 20.3 Å². The summed E-state index contributed by atoms with van der Waals surface area (Å²) in [6, 6.07) is 7.07. The van der Waals surface area contributed by atoms with Crippen LogP contribution in [0.25, 0.3) is 6.08 Å². The zero-order chi connectivity index (χ0) is 17.8. The summed E-state index contributed by atoms with van der Waals surface area (Å²) in [5.74, 6) is 1.50. The van der Waals surface area contributed by atoms with Crippen LogP contribution in [0.1, 0.15) is 24.0 Å². The van der Waals surface area contributed by atoms with Crippen molar-refractivity contribution in [2.24, 2.45) is 5.10 Å². The first-order chi connectivity index (χ1) is 12.8. The second kappa shape index (κ2) is 7.44. The van der Waals surface area contributed by atoms with Gasteiger partial charge in [-0.05, 0) is 36.4 Å². The smallest absolute Gasteiger partial charge is 0.253 e. The number of allylic oxidation sites excluding steroid dienone is 1. The quantitative estimate of drug-likeness (QED) is 0.670. The van der Waals surface area contributed by atoms with Crippen molar-refractivity contribution in [2.75, 3.05) is 5.75 Å². The van der Waals surface area contributed by atoms with E-state index in [0.29, 0.717) is 17.3 Å². The molecule has 1 N–H and O–H groups in total. The largest absolute Gasteiger partial charge is 0.467 e. The fraction of sp³-hybridized carbons (Fsp3) is 0.176. The molecule has 132 valence electrons. The Bertz CT molecular complexity index is 901. The van der Waals surface area contributed by atoms with E-state index < -0.39 is 0 Å². The lowest BCUT2D eigenvalue weighted by Gasteiger charge is -2.19. The highest BCUT2D eigenvalue weighted by atomic mass is 32.2. The van der Waals surface area contributed by atoms with Crippen molar-refractivity contribution in [3.05, 3.63) is 60.7 Å². The average molecular weight is 369 g/mol. The Morgan fingerprint density at radius 1 is 1.31 bits per heavy atom.